The van der Waals surface area contributed by atoms with E-state index in [0.717, 1.165) is 4.47 Å². The van der Waals surface area contributed by atoms with Crippen LogP contribution in [0, 0.1) is 10.1 Å². The molecule has 2 aromatic carbocycles. The first kappa shape index (κ1) is 15.6. The van der Waals surface area contributed by atoms with E-state index in [4.69, 9.17) is 0 Å². The zero-order chi connectivity index (χ0) is 16.1. The zero-order valence-electron chi connectivity index (χ0n) is 11.1. The largest absolute Gasteiger partial charge is 0.507 e. The summed E-state index contributed by atoms with van der Waals surface area (Å²) in [4.78, 5) is 22.1. The first-order valence-corrected chi connectivity index (χ1v) is 6.83. The van der Waals surface area contributed by atoms with Crippen molar-refractivity contribution in [2.75, 3.05) is 0 Å². The van der Waals surface area contributed by atoms with Crippen molar-refractivity contribution in [1.82, 2.24) is 5.43 Å². The Kier molecular flexibility index (Phi) is 4.84. The summed E-state index contributed by atoms with van der Waals surface area (Å²) in [6.07, 6.45) is 1.24. The summed E-state index contributed by atoms with van der Waals surface area (Å²) < 4.78 is 0.733. The van der Waals surface area contributed by atoms with Crippen LogP contribution < -0.4 is 5.43 Å². The number of nitrogens with one attached hydrogen (secondary N) is 1. The van der Waals surface area contributed by atoms with E-state index in [1.165, 1.54) is 36.5 Å². The molecule has 0 heterocycles. The van der Waals surface area contributed by atoms with E-state index < -0.39 is 10.8 Å². The molecule has 112 valence electrons. The smallest absolute Gasteiger partial charge is 0.282 e. The lowest BCUT2D eigenvalue weighted by atomic mass is 10.2. The van der Waals surface area contributed by atoms with Crippen molar-refractivity contribution in [2.24, 2.45) is 5.10 Å². The topological polar surface area (TPSA) is 105 Å². The highest BCUT2D eigenvalue weighted by atomic mass is 79.9. The van der Waals surface area contributed by atoms with E-state index in [1.807, 2.05) is 0 Å². The minimum atomic E-state index is -0.710. The fourth-order valence-corrected chi connectivity index (χ4v) is 2.05. The molecule has 0 aliphatic rings. The predicted molar refractivity (Wildman–Crippen MR) is 84.0 cm³/mol. The van der Waals surface area contributed by atoms with Crippen molar-refractivity contribution in [2.45, 2.75) is 0 Å². The van der Waals surface area contributed by atoms with Gasteiger partial charge in [0.25, 0.3) is 11.6 Å². The lowest BCUT2D eigenvalue weighted by Gasteiger charge is -2.02. The van der Waals surface area contributed by atoms with E-state index >= 15 is 0 Å². The molecule has 7 nitrogen and oxygen atoms in total. The van der Waals surface area contributed by atoms with Crippen LogP contribution in [-0.2, 0) is 0 Å². The summed E-state index contributed by atoms with van der Waals surface area (Å²) >= 11 is 3.24. The van der Waals surface area contributed by atoms with Gasteiger partial charge in [0, 0.05) is 16.1 Å². The quantitative estimate of drug-likeness (QED) is 0.494. The van der Waals surface area contributed by atoms with E-state index in [-0.39, 0.29) is 17.0 Å². The molecular formula is C14H10BrN3O4. The van der Waals surface area contributed by atoms with Gasteiger partial charge in [-0.2, -0.15) is 5.10 Å². The molecule has 0 aliphatic carbocycles. The molecule has 0 saturated carbocycles. The average molecular weight is 364 g/mol. The molecule has 0 aliphatic heterocycles. The molecule has 0 unspecified atom stereocenters. The van der Waals surface area contributed by atoms with Crippen LogP contribution in [0.25, 0.3) is 0 Å². The molecule has 2 N–H and O–H groups in total. The monoisotopic (exact) mass is 363 g/mol. The van der Waals surface area contributed by atoms with Gasteiger partial charge < -0.3 is 5.11 Å². The predicted octanol–water partition coefficient (Wildman–Crippen LogP) is 2.83. The highest BCUT2D eigenvalue weighted by molar-refractivity contribution is 9.10. The van der Waals surface area contributed by atoms with Gasteiger partial charge in [0.1, 0.15) is 11.3 Å². The maximum Gasteiger partial charge on any atom is 0.282 e. The standard InChI is InChI=1S/C14H10BrN3O4/c15-10-5-6-13(19)9(7-10)8-16-17-14(20)11-3-1-2-4-12(11)18(21)22/h1-8,19H,(H,17,20)/b16-8+. The summed E-state index contributed by atoms with van der Waals surface area (Å²) in [5, 5.41) is 24.2. The molecule has 0 aromatic heterocycles. The summed E-state index contributed by atoms with van der Waals surface area (Å²) in [5.74, 6) is -0.718. The van der Waals surface area contributed by atoms with E-state index in [9.17, 15) is 20.0 Å². The summed E-state index contributed by atoms with van der Waals surface area (Å²) in [7, 11) is 0. The number of phenolic OH excluding ortho intramolecular Hbond substituents is 1. The van der Waals surface area contributed by atoms with Gasteiger partial charge in [-0.25, -0.2) is 5.43 Å². The second kappa shape index (κ2) is 6.81. The Labute approximate surface area is 133 Å². The number of phenols is 1. The Balaban J connectivity index is 2.15. The Morgan fingerprint density at radius 2 is 2.05 bits per heavy atom. The minimum Gasteiger partial charge on any atom is -0.507 e. The number of carbonyl (C=O) groups is 1. The third-order valence-corrected chi connectivity index (χ3v) is 3.20. The fraction of sp³-hybridized carbons (Fsp3) is 0. The molecule has 0 radical (unpaired) electrons. The number of aromatic hydroxyl groups is 1. The van der Waals surface area contributed by atoms with Crippen molar-refractivity contribution in [3.63, 3.8) is 0 Å². The number of hydrogen-bond donors (Lipinski definition) is 2. The number of nitro groups is 1. The summed E-state index contributed by atoms with van der Waals surface area (Å²) in [6.45, 7) is 0. The highest BCUT2D eigenvalue weighted by Crippen LogP contribution is 2.20. The summed E-state index contributed by atoms with van der Waals surface area (Å²) in [5.41, 5.74) is 2.18. The summed E-state index contributed by atoms with van der Waals surface area (Å²) in [6, 6.07) is 10.3. The van der Waals surface area contributed by atoms with Crippen molar-refractivity contribution in [3.8, 4) is 5.75 Å². The Hall–Kier alpha value is -2.74. The van der Waals surface area contributed by atoms with Crippen LogP contribution >= 0.6 is 15.9 Å². The van der Waals surface area contributed by atoms with Crippen LogP contribution in [0.2, 0.25) is 0 Å². The maximum absolute atomic E-state index is 11.9. The number of rotatable bonds is 4. The van der Waals surface area contributed by atoms with Crippen LogP contribution in [0.1, 0.15) is 15.9 Å². The van der Waals surface area contributed by atoms with Gasteiger partial charge in [0.05, 0.1) is 11.1 Å². The number of benzene rings is 2. The van der Waals surface area contributed by atoms with Crippen LogP contribution in [0.15, 0.2) is 52.0 Å². The molecular weight excluding hydrogens is 354 g/mol. The van der Waals surface area contributed by atoms with Crippen molar-refractivity contribution < 1.29 is 14.8 Å². The lowest BCUT2D eigenvalue weighted by Crippen LogP contribution is -2.18. The number of carbonyl (C=O) groups excluding carboxylic acids is 1. The van der Waals surface area contributed by atoms with Crippen molar-refractivity contribution >= 4 is 33.7 Å². The lowest BCUT2D eigenvalue weighted by molar-refractivity contribution is -0.385. The molecule has 22 heavy (non-hydrogen) atoms. The van der Waals surface area contributed by atoms with Gasteiger partial charge in [-0.05, 0) is 24.3 Å². The molecule has 2 aromatic rings. The van der Waals surface area contributed by atoms with Gasteiger partial charge in [-0.15, -0.1) is 0 Å². The number of hydrogen-bond acceptors (Lipinski definition) is 5. The number of hydrazone groups is 1. The third kappa shape index (κ3) is 3.67. The number of nitrogens with zero attached hydrogens (tertiary/aromatic N) is 2. The minimum absolute atomic E-state index is 0.00751. The molecule has 0 saturated heterocycles. The van der Waals surface area contributed by atoms with Gasteiger partial charge >= 0.3 is 0 Å². The first-order chi connectivity index (χ1) is 10.5. The molecule has 0 fully saturated rings. The van der Waals surface area contributed by atoms with E-state index in [1.54, 1.807) is 12.1 Å². The van der Waals surface area contributed by atoms with Crippen LogP contribution in [0.5, 0.6) is 5.75 Å². The molecule has 1 amide bonds. The van der Waals surface area contributed by atoms with E-state index in [2.05, 4.69) is 26.5 Å². The van der Waals surface area contributed by atoms with Crippen LogP contribution in [0.4, 0.5) is 5.69 Å². The van der Waals surface area contributed by atoms with Crippen LogP contribution in [0.3, 0.4) is 0 Å². The zero-order valence-corrected chi connectivity index (χ0v) is 12.6. The van der Waals surface area contributed by atoms with Gasteiger partial charge in [-0.1, -0.05) is 28.1 Å². The highest BCUT2D eigenvalue weighted by Gasteiger charge is 2.18. The normalized spacial score (nSPS) is 10.6. The van der Waals surface area contributed by atoms with E-state index in [0.29, 0.717) is 5.56 Å². The molecule has 0 atom stereocenters. The van der Waals surface area contributed by atoms with Crippen LogP contribution in [-0.4, -0.2) is 22.2 Å². The number of halogens is 1. The SMILES string of the molecule is O=C(N/N=C/c1cc(Br)ccc1O)c1ccccc1[N+](=O)[O-]. The number of nitro benzene ring substituents is 1. The molecule has 8 heteroatoms. The number of para-hydroxylation sites is 1. The number of amides is 1. The average Bonchev–Trinajstić information content (AvgIpc) is 2.50. The Morgan fingerprint density at radius 3 is 2.77 bits per heavy atom. The first-order valence-electron chi connectivity index (χ1n) is 6.04. The van der Waals surface area contributed by atoms with Gasteiger partial charge in [0.15, 0.2) is 0 Å². The third-order valence-electron chi connectivity index (χ3n) is 2.70. The van der Waals surface area contributed by atoms with Crippen molar-refractivity contribution in [1.29, 1.82) is 0 Å². The maximum atomic E-state index is 11.9. The fourth-order valence-electron chi connectivity index (χ4n) is 1.67. The van der Waals surface area contributed by atoms with Gasteiger partial charge in [0.2, 0.25) is 0 Å². The second-order valence-corrected chi connectivity index (χ2v) is 5.09. The molecule has 2 rings (SSSR count). The van der Waals surface area contributed by atoms with Gasteiger partial charge in [-0.3, -0.25) is 14.9 Å². The van der Waals surface area contributed by atoms with Crippen molar-refractivity contribution in [3.05, 3.63) is 68.2 Å². The Morgan fingerprint density at radius 1 is 1.32 bits per heavy atom. The Bertz CT molecular complexity index is 762. The molecule has 0 bridgehead atoms. The second-order valence-electron chi connectivity index (χ2n) is 4.18. The molecule has 0 spiro atoms.